The van der Waals surface area contributed by atoms with E-state index >= 15 is 0 Å². The van der Waals surface area contributed by atoms with E-state index in [1.807, 2.05) is 0 Å². The van der Waals surface area contributed by atoms with Gasteiger partial charge in [-0.15, -0.1) is 11.6 Å². The Hall–Kier alpha value is -0.530. The van der Waals surface area contributed by atoms with E-state index in [4.69, 9.17) is 11.6 Å². The highest BCUT2D eigenvalue weighted by molar-refractivity contribution is 6.18. The summed E-state index contributed by atoms with van der Waals surface area (Å²) in [5.41, 5.74) is 4.08. The predicted octanol–water partition coefficient (Wildman–Crippen LogP) is 2.97. The van der Waals surface area contributed by atoms with Crippen LogP contribution in [-0.2, 0) is 6.54 Å². The van der Waals surface area contributed by atoms with Crippen LogP contribution in [0, 0.1) is 13.8 Å². The highest BCUT2D eigenvalue weighted by Crippen LogP contribution is 2.12. The normalized spacial score (nSPS) is 10.9. The van der Waals surface area contributed by atoms with Gasteiger partial charge in [0, 0.05) is 19.0 Å². The van der Waals surface area contributed by atoms with Crippen molar-refractivity contribution in [2.24, 2.45) is 0 Å². The molecule has 0 aliphatic rings. The molecule has 0 radical (unpaired) electrons. The van der Waals surface area contributed by atoms with Crippen LogP contribution >= 0.6 is 11.6 Å². The van der Waals surface area contributed by atoms with Gasteiger partial charge >= 0.3 is 0 Å². The molecule has 0 unspecified atom stereocenters. The van der Waals surface area contributed by atoms with E-state index in [1.165, 1.54) is 16.7 Å². The molecule has 1 aromatic carbocycles. The fourth-order valence-electron chi connectivity index (χ4n) is 1.54. The average Bonchev–Trinajstić information content (AvgIpc) is 2.10. The summed E-state index contributed by atoms with van der Waals surface area (Å²) in [6, 6.07) is 6.59. The van der Waals surface area contributed by atoms with E-state index in [0.29, 0.717) is 5.88 Å². The van der Waals surface area contributed by atoms with E-state index in [0.717, 1.165) is 13.1 Å². The predicted molar refractivity (Wildman–Crippen MR) is 63.0 cm³/mol. The lowest BCUT2D eigenvalue weighted by molar-refractivity contribution is 0.347. The first kappa shape index (κ1) is 11.5. The van der Waals surface area contributed by atoms with Crippen LogP contribution in [0.3, 0.4) is 0 Å². The molecular weight excluding hydrogens is 194 g/mol. The van der Waals surface area contributed by atoms with Crippen LogP contribution in [0.25, 0.3) is 0 Å². The number of nitrogens with zero attached hydrogens (tertiary/aromatic N) is 1. The second kappa shape index (κ2) is 5.38. The zero-order chi connectivity index (χ0) is 10.6. The summed E-state index contributed by atoms with van der Waals surface area (Å²) in [7, 11) is 2.10. The van der Waals surface area contributed by atoms with Gasteiger partial charge in [0.1, 0.15) is 0 Å². The van der Waals surface area contributed by atoms with Gasteiger partial charge in [-0.2, -0.15) is 0 Å². The van der Waals surface area contributed by atoms with Gasteiger partial charge in [0.05, 0.1) is 0 Å². The number of hydrogen-bond donors (Lipinski definition) is 0. The van der Waals surface area contributed by atoms with Gasteiger partial charge < -0.3 is 4.90 Å². The van der Waals surface area contributed by atoms with Crippen molar-refractivity contribution in [1.29, 1.82) is 0 Å². The molecule has 0 fully saturated rings. The lowest BCUT2D eigenvalue weighted by atomic mass is 10.1. The van der Waals surface area contributed by atoms with Gasteiger partial charge in [-0.25, -0.2) is 0 Å². The summed E-state index contributed by atoms with van der Waals surface area (Å²) >= 11 is 5.69. The Morgan fingerprint density at radius 1 is 1.29 bits per heavy atom. The SMILES string of the molecule is Cc1ccc(CN(C)CCCl)c(C)c1. The monoisotopic (exact) mass is 211 g/mol. The van der Waals surface area contributed by atoms with Crippen molar-refractivity contribution in [3.8, 4) is 0 Å². The van der Waals surface area contributed by atoms with Gasteiger partial charge in [0.25, 0.3) is 0 Å². The van der Waals surface area contributed by atoms with E-state index in [-0.39, 0.29) is 0 Å². The van der Waals surface area contributed by atoms with Crippen molar-refractivity contribution in [2.75, 3.05) is 19.5 Å². The van der Waals surface area contributed by atoms with Crippen molar-refractivity contribution in [2.45, 2.75) is 20.4 Å². The minimum absolute atomic E-state index is 0.696. The molecule has 0 amide bonds. The van der Waals surface area contributed by atoms with Gasteiger partial charge in [-0.05, 0) is 32.0 Å². The molecular formula is C12H18ClN. The quantitative estimate of drug-likeness (QED) is 0.693. The van der Waals surface area contributed by atoms with Gasteiger partial charge in [-0.3, -0.25) is 0 Å². The van der Waals surface area contributed by atoms with Crippen LogP contribution < -0.4 is 0 Å². The van der Waals surface area contributed by atoms with Crippen LogP contribution in [-0.4, -0.2) is 24.4 Å². The number of halogens is 1. The van der Waals surface area contributed by atoms with Crippen molar-refractivity contribution >= 4 is 11.6 Å². The topological polar surface area (TPSA) is 3.24 Å². The molecule has 1 rings (SSSR count). The maximum atomic E-state index is 5.69. The first-order valence-corrected chi connectivity index (χ1v) is 5.47. The fraction of sp³-hybridized carbons (Fsp3) is 0.500. The summed E-state index contributed by atoms with van der Waals surface area (Å²) in [5.74, 6) is 0.696. The number of benzene rings is 1. The third-order valence-corrected chi connectivity index (χ3v) is 2.57. The third kappa shape index (κ3) is 3.32. The molecule has 0 saturated heterocycles. The largest absolute Gasteiger partial charge is 0.301 e. The third-order valence-electron chi connectivity index (χ3n) is 2.40. The summed E-state index contributed by atoms with van der Waals surface area (Å²) in [5, 5.41) is 0. The number of alkyl halides is 1. The molecule has 0 atom stereocenters. The molecule has 0 N–H and O–H groups in total. The molecule has 0 spiro atoms. The molecule has 0 aromatic heterocycles. The lowest BCUT2D eigenvalue weighted by Gasteiger charge is -2.16. The smallest absolute Gasteiger partial charge is 0.0351 e. The molecule has 0 aliphatic heterocycles. The molecule has 0 heterocycles. The number of hydrogen-bond acceptors (Lipinski definition) is 1. The highest BCUT2D eigenvalue weighted by Gasteiger charge is 2.02. The molecule has 0 saturated carbocycles. The Kier molecular flexibility index (Phi) is 4.43. The van der Waals surface area contributed by atoms with Crippen LogP contribution in [0.2, 0.25) is 0 Å². The lowest BCUT2D eigenvalue weighted by Crippen LogP contribution is -2.20. The summed E-state index contributed by atoms with van der Waals surface area (Å²) < 4.78 is 0. The van der Waals surface area contributed by atoms with Crippen LogP contribution in [0.15, 0.2) is 18.2 Å². The van der Waals surface area contributed by atoms with Crippen molar-refractivity contribution in [3.05, 3.63) is 34.9 Å². The minimum Gasteiger partial charge on any atom is -0.301 e. The zero-order valence-corrected chi connectivity index (χ0v) is 9.93. The average molecular weight is 212 g/mol. The second-order valence-electron chi connectivity index (χ2n) is 3.86. The standard InChI is InChI=1S/C12H18ClN/c1-10-4-5-12(11(2)8-10)9-14(3)7-6-13/h4-5,8H,6-7,9H2,1-3H3. The maximum absolute atomic E-state index is 5.69. The highest BCUT2D eigenvalue weighted by atomic mass is 35.5. The second-order valence-corrected chi connectivity index (χ2v) is 4.23. The molecule has 1 aromatic rings. The zero-order valence-electron chi connectivity index (χ0n) is 9.18. The summed E-state index contributed by atoms with van der Waals surface area (Å²) in [6.45, 7) is 6.21. The molecule has 2 heteroatoms. The molecule has 0 bridgehead atoms. The Balaban J connectivity index is 2.67. The Bertz CT molecular complexity index is 296. The minimum atomic E-state index is 0.696. The van der Waals surface area contributed by atoms with Crippen molar-refractivity contribution in [1.82, 2.24) is 4.90 Å². The molecule has 0 aliphatic carbocycles. The van der Waals surface area contributed by atoms with Crippen molar-refractivity contribution < 1.29 is 0 Å². The number of aryl methyl sites for hydroxylation is 2. The Morgan fingerprint density at radius 3 is 2.57 bits per heavy atom. The Labute approximate surface area is 91.7 Å². The van der Waals surface area contributed by atoms with Crippen molar-refractivity contribution in [3.63, 3.8) is 0 Å². The molecule has 1 nitrogen and oxygen atoms in total. The van der Waals surface area contributed by atoms with E-state index < -0.39 is 0 Å². The van der Waals surface area contributed by atoms with Gasteiger partial charge in [-0.1, -0.05) is 23.8 Å². The van der Waals surface area contributed by atoms with E-state index in [2.05, 4.69) is 44.0 Å². The maximum Gasteiger partial charge on any atom is 0.0351 e. The van der Waals surface area contributed by atoms with Gasteiger partial charge in [0.15, 0.2) is 0 Å². The van der Waals surface area contributed by atoms with Crippen LogP contribution in [0.5, 0.6) is 0 Å². The molecule has 78 valence electrons. The Morgan fingerprint density at radius 2 is 2.00 bits per heavy atom. The molecule has 14 heavy (non-hydrogen) atoms. The number of rotatable bonds is 4. The summed E-state index contributed by atoms with van der Waals surface area (Å²) in [6.07, 6.45) is 0. The first-order valence-electron chi connectivity index (χ1n) is 4.94. The van der Waals surface area contributed by atoms with Gasteiger partial charge in [0.2, 0.25) is 0 Å². The first-order chi connectivity index (χ1) is 6.63. The van der Waals surface area contributed by atoms with Crippen LogP contribution in [0.4, 0.5) is 0 Å². The summed E-state index contributed by atoms with van der Waals surface area (Å²) in [4.78, 5) is 2.24. The van der Waals surface area contributed by atoms with E-state index in [1.54, 1.807) is 0 Å². The van der Waals surface area contributed by atoms with Crippen LogP contribution in [0.1, 0.15) is 16.7 Å². The fourth-order valence-corrected chi connectivity index (χ4v) is 1.83. The van der Waals surface area contributed by atoms with E-state index in [9.17, 15) is 0 Å².